The Morgan fingerprint density at radius 3 is 2.45 bits per heavy atom. The second-order valence-corrected chi connectivity index (χ2v) is 8.52. The number of carbonyl (C=O) groups excluding carboxylic acids is 1. The minimum atomic E-state index is -5.10. The van der Waals surface area contributed by atoms with Crippen LogP contribution in [-0.2, 0) is 21.7 Å². The lowest BCUT2D eigenvalue weighted by atomic mass is 9.91. The van der Waals surface area contributed by atoms with Crippen molar-refractivity contribution >= 4 is 11.7 Å². The average Bonchev–Trinajstić information content (AvgIpc) is 3.61. The summed E-state index contributed by atoms with van der Waals surface area (Å²) < 4.78 is 68.4. The number of hydrogen-bond donors (Lipinski definition) is 1. The topological polar surface area (TPSA) is 108 Å². The molecule has 0 bridgehead atoms. The first kappa shape index (κ1) is 26.7. The van der Waals surface area contributed by atoms with E-state index in [1.165, 1.54) is 47.5 Å². The van der Waals surface area contributed by atoms with Crippen LogP contribution in [0.15, 0.2) is 89.8 Å². The van der Waals surface area contributed by atoms with Crippen LogP contribution >= 0.6 is 0 Å². The molecule has 0 aliphatic rings. The Labute approximate surface area is 224 Å². The normalized spacial score (nSPS) is 13.1. The number of nitrogens with zero attached hydrogens (tertiary/aromatic N) is 5. The van der Waals surface area contributed by atoms with Gasteiger partial charge in [0.1, 0.15) is 29.3 Å². The number of hydrogen-bond acceptors (Lipinski definition) is 7. The number of rotatable bonds is 8. The molecule has 0 radical (unpaired) electrons. The number of ether oxygens (including phenoxy) is 1. The van der Waals surface area contributed by atoms with Gasteiger partial charge in [0.25, 0.3) is 11.5 Å². The molecule has 1 N–H and O–H groups in total. The van der Waals surface area contributed by atoms with Crippen LogP contribution in [0.4, 0.5) is 23.4 Å². The van der Waals surface area contributed by atoms with Gasteiger partial charge in [-0.25, -0.2) is 14.4 Å². The van der Waals surface area contributed by atoms with Gasteiger partial charge >= 0.3 is 6.18 Å². The van der Waals surface area contributed by atoms with E-state index in [1.807, 2.05) is 0 Å². The van der Waals surface area contributed by atoms with Crippen molar-refractivity contribution in [1.29, 1.82) is 0 Å². The molecule has 5 rings (SSSR count). The van der Waals surface area contributed by atoms with Crippen molar-refractivity contribution in [3.05, 3.63) is 102 Å². The third-order valence-corrected chi connectivity index (χ3v) is 6.09. The van der Waals surface area contributed by atoms with Crippen LogP contribution in [0.3, 0.4) is 0 Å². The maximum absolute atomic E-state index is 14.4. The molecule has 0 aliphatic carbocycles. The monoisotopic (exact) mass is 552 g/mol. The maximum atomic E-state index is 14.4. The lowest BCUT2D eigenvalue weighted by Crippen LogP contribution is -2.53. The molecule has 0 aliphatic heterocycles. The lowest BCUT2D eigenvalue weighted by molar-refractivity contribution is -0.263. The smallest absolute Gasteiger partial charge is 0.364 e. The summed E-state index contributed by atoms with van der Waals surface area (Å²) in [6.07, 6.45) is -2.48. The summed E-state index contributed by atoms with van der Waals surface area (Å²) >= 11 is 0. The minimum Gasteiger partial charge on any atom is -0.364 e. The highest BCUT2D eigenvalue weighted by molar-refractivity contribution is 5.98. The summed E-state index contributed by atoms with van der Waals surface area (Å²) in [5.41, 5.74) is -2.29. The number of alkyl halides is 3. The first-order valence-corrected chi connectivity index (χ1v) is 11.8. The van der Waals surface area contributed by atoms with Crippen molar-refractivity contribution in [3.63, 3.8) is 0 Å². The van der Waals surface area contributed by atoms with Crippen molar-refractivity contribution < 1.29 is 31.6 Å². The van der Waals surface area contributed by atoms with Crippen LogP contribution in [0.1, 0.15) is 11.1 Å². The molecule has 9 nitrogen and oxygen atoms in total. The van der Waals surface area contributed by atoms with Crippen LogP contribution in [0.5, 0.6) is 0 Å². The summed E-state index contributed by atoms with van der Waals surface area (Å²) in [7, 11) is 0.805. The van der Waals surface area contributed by atoms with Crippen molar-refractivity contribution in [1.82, 2.24) is 24.9 Å². The lowest BCUT2D eigenvalue weighted by Gasteiger charge is -2.33. The molecule has 1 atom stereocenters. The van der Waals surface area contributed by atoms with E-state index in [1.54, 1.807) is 30.3 Å². The molecule has 204 valence electrons. The average molecular weight is 552 g/mol. The highest BCUT2D eigenvalue weighted by atomic mass is 19.4. The van der Waals surface area contributed by atoms with E-state index in [4.69, 9.17) is 9.26 Å². The van der Waals surface area contributed by atoms with Gasteiger partial charge in [-0.1, -0.05) is 53.7 Å². The second-order valence-electron chi connectivity index (χ2n) is 8.52. The second kappa shape index (κ2) is 10.7. The van der Waals surface area contributed by atoms with Gasteiger partial charge in [0, 0.05) is 30.5 Å². The molecular weight excluding hydrogens is 532 g/mol. The van der Waals surface area contributed by atoms with Gasteiger partial charge in [-0.2, -0.15) is 18.3 Å². The van der Waals surface area contributed by atoms with E-state index >= 15 is 0 Å². The predicted octanol–water partition coefficient (Wildman–Crippen LogP) is 5.23. The van der Waals surface area contributed by atoms with E-state index in [-0.39, 0.29) is 23.9 Å². The zero-order valence-electron chi connectivity index (χ0n) is 20.8. The first-order chi connectivity index (χ1) is 19.2. The zero-order chi connectivity index (χ0) is 28.3. The highest BCUT2D eigenvalue weighted by Gasteiger charge is 2.62. The molecule has 3 heterocycles. The molecule has 5 aromatic rings. The molecular formula is C27H20F4N6O3. The molecule has 2 aromatic carbocycles. The van der Waals surface area contributed by atoms with Gasteiger partial charge in [0.05, 0.1) is 12.2 Å². The van der Waals surface area contributed by atoms with Crippen molar-refractivity contribution in [3.8, 4) is 22.9 Å². The molecule has 0 saturated carbocycles. The number of benzene rings is 2. The van der Waals surface area contributed by atoms with Gasteiger partial charge in [0.15, 0.2) is 5.82 Å². The molecule has 13 heteroatoms. The fourth-order valence-corrected chi connectivity index (χ4v) is 4.16. The van der Waals surface area contributed by atoms with Crippen molar-refractivity contribution in [2.24, 2.45) is 0 Å². The Morgan fingerprint density at radius 2 is 1.77 bits per heavy atom. The van der Waals surface area contributed by atoms with E-state index in [0.29, 0.717) is 17.0 Å². The standard InChI is InChI=1S/C27H20F4N6O3/c1-39-26(27(29,30)31,18-8-3-2-4-9-18)25(38)34-23-11-13-32-24(33-23)21-15-22(20-12-14-40-36-20)37(35-21)16-17-7-5-6-10-19(17)28/h2-15H,16H2,1H3,(H,32,33,34,38). The number of anilines is 1. The fraction of sp³-hybridized carbons (Fsp3) is 0.148. The van der Waals surface area contributed by atoms with Crippen molar-refractivity contribution in [2.75, 3.05) is 12.4 Å². The molecule has 0 fully saturated rings. The molecule has 1 unspecified atom stereocenters. The SMILES string of the molecule is COC(C(=O)Nc1ccnc(-c2cc(-c3ccon3)n(Cc3ccccc3F)n2)n1)(c1ccccc1)C(F)(F)F. The predicted molar refractivity (Wildman–Crippen MR) is 134 cm³/mol. The van der Waals surface area contributed by atoms with Crippen LogP contribution in [0.25, 0.3) is 22.9 Å². The van der Waals surface area contributed by atoms with E-state index in [2.05, 4.69) is 25.5 Å². The van der Waals surface area contributed by atoms with Crippen LogP contribution in [0.2, 0.25) is 0 Å². The van der Waals surface area contributed by atoms with Gasteiger partial charge in [0.2, 0.25) is 0 Å². The summed E-state index contributed by atoms with van der Waals surface area (Å²) in [5, 5.41) is 10.6. The van der Waals surface area contributed by atoms with Gasteiger partial charge in [-0.15, -0.1) is 0 Å². The molecule has 0 saturated heterocycles. The number of carbonyl (C=O) groups is 1. The first-order valence-electron chi connectivity index (χ1n) is 11.8. The van der Waals surface area contributed by atoms with Crippen LogP contribution < -0.4 is 5.32 Å². The Kier molecular flexibility index (Phi) is 7.13. The fourth-order valence-electron chi connectivity index (χ4n) is 4.16. The van der Waals surface area contributed by atoms with E-state index in [0.717, 1.165) is 19.2 Å². The van der Waals surface area contributed by atoms with Gasteiger partial charge in [-0.3, -0.25) is 9.48 Å². The number of methoxy groups -OCH3 is 1. The maximum Gasteiger partial charge on any atom is 0.430 e. The largest absolute Gasteiger partial charge is 0.430 e. The third kappa shape index (κ3) is 4.94. The zero-order valence-corrected chi connectivity index (χ0v) is 20.8. The molecule has 3 aromatic heterocycles. The number of amides is 1. The molecule has 0 spiro atoms. The summed E-state index contributed by atoms with van der Waals surface area (Å²) in [6.45, 7) is 0.0321. The highest BCUT2D eigenvalue weighted by Crippen LogP contribution is 2.42. The van der Waals surface area contributed by atoms with Gasteiger partial charge in [-0.05, 0) is 18.2 Å². The number of nitrogens with one attached hydrogen (secondary N) is 1. The number of aromatic nitrogens is 5. The Bertz CT molecular complexity index is 1620. The Morgan fingerprint density at radius 1 is 1.02 bits per heavy atom. The Balaban J connectivity index is 1.50. The molecule has 40 heavy (non-hydrogen) atoms. The summed E-state index contributed by atoms with van der Waals surface area (Å²) in [6, 6.07) is 17.1. The summed E-state index contributed by atoms with van der Waals surface area (Å²) in [5.74, 6) is -2.16. The van der Waals surface area contributed by atoms with Crippen LogP contribution in [-0.4, -0.2) is 44.1 Å². The minimum absolute atomic E-state index is 0.00966. The summed E-state index contributed by atoms with van der Waals surface area (Å²) in [4.78, 5) is 21.5. The van der Waals surface area contributed by atoms with Crippen LogP contribution in [0, 0.1) is 5.82 Å². The van der Waals surface area contributed by atoms with Crippen molar-refractivity contribution in [2.45, 2.75) is 18.3 Å². The molecule has 1 amide bonds. The number of halogens is 4. The van der Waals surface area contributed by atoms with E-state index in [9.17, 15) is 22.4 Å². The van der Waals surface area contributed by atoms with E-state index < -0.39 is 29.1 Å². The quantitative estimate of drug-likeness (QED) is 0.263. The third-order valence-electron chi connectivity index (χ3n) is 6.09. The van der Waals surface area contributed by atoms with Gasteiger partial charge < -0.3 is 14.6 Å². The Hall–Kier alpha value is -4.91.